The van der Waals surface area contributed by atoms with Crippen LogP contribution in [0.25, 0.3) is 11.3 Å². The third kappa shape index (κ3) is 5.01. The summed E-state index contributed by atoms with van der Waals surface area (Å²) in [6.45, 7) is 4.11. The van der Waals surface area contributed by atoms with Gasteiger partial charge in [-0.25, -0.2) is 15.0 Å². The first-order chi connectivity index (χ1) is 13.0. The van der Waals surface area contributed by atoms with E-state index >= 15 is 0 Å². The van der Waals surface area contributed by atoms with E-state index in [0.717, 1.165) is 28.3 Å². The molecule has 2 aromatic heterocycles. The molecule has 2 N–H and O–H groups in total. The lowest BCUT2D eigenvalue weighted by Gasteiger charge is -2.12. The molecular formula is C20H20ClN5O. The lowest BCUT2D eigenvalue weighted by molar-refractivity contribution is -0.116. The van der Waals surface area contributed by atoms with Crippen molar-refractivity contribution in [1.82, 2.24) is 15.0 Å². The van der Waals surface area contributed by atoms with E-state index in [4.69, 9.17) is 11.6 Å². The second-order valence-electron chi connectivity index (χ2n) is 6.11. The van der Waals surface area contributed by atoms with Gasteiger partial charge in [0, 0.05) is 47.2 Å². The molecule has 6 nitrogen and oxygen atoms in total. The molecule has 1 aromatic carbocycles. The number of nitrogens with one attached hydrogen (secondary N) is 2. The Labute approximate surface area is 163 Å². The fourth-order valence-electron chi connectivity index (χ4n) is 2.61. The number of hydrogen-bond acceptors (Lipinski definition) is 6. The number of hydrogen-bond donors (Lipinski definition) is 2. The first-order valence-electron chi connectivity index (χ1n) is 8.58. The van der Waals surface area contributed by atoms with Gasteiger partial charge in [-0.05, 0) is 44.2 Å². The highest BCUT2D eigenvalue weighted by atomic mass is 35.5. The number of carbonyl (C=O) groups excluding carboxylic acids is 1. The van der Waals surface area contributed by atoms with Gasteiger partial charge < -0.3 is 10.6 Å². The predicted molar refractivity (Wildman–Crippen MR) is 109 cm³/mol. The number of carbonyl (C=O) groups is 1. The van der Waals surface area contributed by atoms with E-state index in [1.54, 1.807) is 19.3 Å². The molecule has 7 heteroatoms. The zero-order chi connectivity index (χ0) is 19.2. The minimum absolute atomic E-state index is 0.142. The first-order valence-corrected chi connectivity index (χ1v) is 8.95. The largest absolute Gasteiger partial charge is 0.369 e. The topological polar surface area (TPSA) is 79.8 Å². The fraction of sp³-hybridized carbons (Fsp3) is 0.200. The molecule has 0 unspecified atom stereocenters. The summed E-state index contributed by atoms with van der Waals surface area (Å²) in [4.78, 5) is 24.4. The highest BCUT2D eigenvalue weighted by Crippen LogP contribution is 2.26. The van der Waals surface area contributed by atoms with Crippen molar-refractivity contribution in [3.05, 3.63) is 59.4 Å². The highest BCUT2D eigenvalue weighted by Gasteiger charge is 2.10. The van der Waals surface area contributed by atoms with E-state index in [9.17, 15) is 4.79 Å². The number of halogens is 1. The second-order valence-corrected chi connectivity index (χ2v) is 6.55. The molecule has 0 saturated carbocycles. The third-order valence-corrected chi connectivity index (χ3v) is 4.22. The van der Waals surface area contributed by atoms with Gasteiger partial charge in [-0.3, -0.25) is 4.79 Å². The molecule has 138 valence electrons. The van der Waals surface area contributed by atoms with E-state index in [2.05, 4.69) is 25.6 Å². The summed E-state index contributed by atoms with van der Waals surface area (Å²) >= 11 is 6.02. The summed E-state index contributed by atoms with van der Waals surface area (Å²) in [5.74, 6) is 1.37. The molecule has 0 fully saturated rings. The third-order valence-electron chi connectivity index (χ3n) is 3.99. The number of pyridine rings is 1. The van der Waals surface area contributed by atoms with E-state index in [1.807, 2.05) is 43.3 Å². The summed E-state index contributed by atoms with van der Waals surface area (Å²) in [5, 5.41) is 7.01. The van der Waals surface area contributed by atoms with Crippen LogP contribution in [0.15, 0.2) is 48.8 Å². The van der Waals surface area contributed by atoms with Crippen LogP contribution in [0.4, 0.5) is 17.5 Å². The Morgan fingerprint density at radius 2 is 1.96 bits per heavy atom. The maximum absolute atomic E-state index is 11.1. The Hall–Kier alpha value is -2.99. The van der Waals surface area contributed by atoms with Crippen LogP contribution in [-0.2, 0) is 4.79 Å². The molecule has 0 bridgehead atoms. The van der Waals surface area contributed by atoms with Crippen LogP contribution in [0.3, 0.4) is 0 Å². The molecule has 0 amide bonds. The van der Waals surface area contributed by atoms with Gasteiger partial charge in [-0.2, -0.15) is 0 Å². The molecule has 3 rings (SSSR count). The number of aromatic nitrogens is 3. The van der Waals surface area contributed by atoms with Crippen molar-refractivity contribution in [3.8, 4) is 11.3 Å². The summed E-state index contributed by atoms with van der Waals surface area (Å²) in [6, 6.07) is 11.1. The molecule has 0 saturated heterocycles. The van der Waals surface area contributed by atoms with Crippen molar-refractivity contribution in [2.45, 2.75) is 20.3 Å². The quantitative estimate of drug-likeness (QED) is 0.620. The van der Waals surface area contributed by atoms with Gasteiger partial charge >= 0.3 is 0 Å². The number of ketones is 1. The van der Waals surface area contributed by atoms with Gasteiger partial charge in [0.15, 0.2) is 0 Å². The Bertz CT molecular complexity index is 961. The molecular weight excluding hydrogens is 362 g/mol. The van der Waals surface area contributed by atoms with Crippen molar-refractivity contribution >= 4 is 34.8 Å². The Balaban J connectivity index is 1.83. The average Bonchev–Trinajstić information content (AvgIpc) is 2.63. The highest BCUT2D eigenvalue weighted by molar-refractivity contribution is 6.30. The zero-order valence-electron chi connectivity index (χ0n) is 15.2. The normalized spacial score (nSPS) is 10.5. The monoisotopic (exact) mass is 381 g/mol. The molecule has 0 spiro atoms. The van der Waals surface area contributed by atoms with Crippen LogP contribution in [0.2, 0.25) is 5.02 Å². The number of anilines is 3. The maximum Gasteiger partial charge on any atom is 0.227 e. The maximum atomic E-state index is 11.1. The van der Waals surface area contributed by atoms with Crippen molar-refractivity contribution in [2.75, 3.05) is 17.2 Å². The summed E-state index contributed by atoms with van der Waals surface area (Å²) in [6.07, 6.45) is 3.90. The van der Waals surface area contributed by atoms with Crippen LogP contribution in [0.5, 0.6) is 0 Å². The lowest BCUT2D eigenvalue weighted by Crippen LogP contribution is -2.09. The van der Waals surface area contributed by atoms with E-state index in [1.165, 1.54) is 0 Å². The van der Waals surface area contributed by atoms with Crippen LogP contribution < -0.4 is 10.6 Å². The summed E-state index contributed by atoms with van der Waals surface area (Å²) < 4.78 is 0. The SMILES string of the molecule is CC(=O)CCNc1nccc(-c2ccnc(Nc3cccc(Cl)c3)n2)c1C. The Morgan fingerprint density at radius 3 is 2.74 bits per heavy atom. The number of rotatable bonds is 7. The molecule has 27 heavy (non-hydrogen) atoms. The minimum Gasteiger partial charge on any atom is -0.369 e. The van der Waals surface area contributed by atoms with E-state index in [0.29, 0.717) is 23.9 Å². The van der Waals surface area contributed by atoms with Crippen molar-refractivity contribution in [1.29, 1.82) is 0 Å². The summed E-state index contributed by atoms with van der Waals surface area (Å²) in [7, 11) is 0. The van der Waals surface area contributed by atoms with Gasteiger partial charge in [0.05, 0.1) is 5.69 Å². The first kappa shape index (κ1) is 18.8. The standard InChI is InChI=1S/C20H20ClN5O/c1-13(27)6-9-22-19-14(2)17(7-10-23-19)18-8-11-24-20(26-18)25-16-5-3-4-15(21)12-16/h3-5,7-8,10-12H,6,9H2,1-2H3,(H,22,23)(H,24,25,26). The second kappa shape index (κ2) is 8.60. The average molecular weight is 382 g/mol. The van der Waals surface area contributed by atoms with Crippen LogP contribution in [0, 0.1) is 6.92 Å². The minimum atomic E-state index is 0.142. The van der Waals surface area contributed by atoms with E-state index < -0.39 is 0 Å². The fourth-order valence-corrected chi connectivity index (χ4v) is 2.80. The smallest absolute Gasteiger partial charge is 0.227 e. The van der Waals surface area contributed by atoms with Gasteiger partial charge in [0.25, 0.3) is 0 Å². The lowest BCUT2D eigenvalue weighted by atomic mass is 10.1. The van der Waals surface area contributed by atoms with Gasteiger partial charge in [0.2, 0.25) is 5.95 Å². The van der Waals surface area contributed by atoms with Crippen LogP contribution >= 0.6 is 11.6 Å². The van der Waals surface area contributed by atoms with Crippen molar-refractivity contribution < 1.29 is 4.79 Å². The molecule has 2 heterocycles. The number of nitrogens with zero attached hydrogens (tertiary/aromatic N) is 3. The zero-order valence-corrected chi connectivity index (χ0v) is 15.9. The molecule has 0 atom stereocenters. The molecule has 0 aliphatic heterocycles. The number of benzene rings is 1. The Morgan fingerprint density at radius 1 is 1.15 bits per heavy atom. The molecule has 0 aliphatic rings. The van der Waals surface area contributed by atoms with Crippen LogP contribution in [-0.4, -0.2) is 27.3 Å². The van der Waals surface area contributed by atoms with Gasteiger partial charge in [-0.15, -0.1) is 0 Å². The van der Waals surface area contributed by atoms with Crippen molar-refractivity contribution in [3.63, 3.8) is 0 Å². The summed E-state index contributed by atoms with van der Waals surface area (Å²) in [5.41, 5.74) is 3.52. The Kier molecular flexibility index (Phi) is 5.98. The molecule has 0 radical (unpaired) electrons. The van der Waals surface area contributed by atoms with Gasteiger partial charge in [0.1, 0.15) is 11.6 Å². The number of Topliss-reactive ketones (excluding diaryl/α,β-unsaturated/α-hetero) is 1. The molecule has 0 aliphatic carbocycles. The molecule has 3 aromatic rings. The van der Waals surface area contributed by atoms with Gasteiger partial charge in [-0.1, -0.05) is 17.7 Å². The van der Waals surface area contributed by atoms with Crippen LogP contribution in [0.1, 0.15) is 18.9 Å². The van der Waals surface area contributed by atoms with E-state index in [-0.39, 0.29) is 5.78 Å². The van der Waals surface area contributed by atoms with Crippen molar-refractivity contribution in [2.24, 2.45) is 0 Å². The predicted octanol–water partition coefficient (Wildman–Crippen LogP) is 4.64.